The van der Waals surface area contributed by atoms with E-state index in [1.807, 2.05) is 47.8 Å². The van der Waals surface area contributed by atoms with Gasteiger partial charge in [0.2, 0.25) is 0 Å². The quantitative estimate of drug-likeness (QED) is 0.519. The number of pyridine rings is 1. The molecule has 0 aliphatic carbocycles. The SMILES string of the molecule is COC(=O)c1cc(-c2cccs2)nc2onc(-c3ccccc3)c12. The number of ether oxygens (including phenoxy) is 1. The molecule has 0 amide bonds. The number of rotatable bonds is 3. The standard InChI is InChI=1S/C18H12N2O3S/c1-22-18(21)12-10-13(14-8-5-9-24-14)19-17-15(12)16(20-23-17)11-6-3-2-4-7-11/h2-10H,1H3. The first kappa shape index (κ1) is 14.6. The molecular weight excluding hydrogens is 324 g/mol. The van der Waals surface area contributed by atoms with E-state index in [0.717, 1.165) is 10.4 Å². The molecule has 0 bridgehead atoms. The molecule has 5 nitrogen and oxygen atoms in total. The van der Waals surface area contributed by atoms with Crippen LogP contribution in [0.15, 0.2) is 58.4 Å². The van der Waals surface area contributed by atoms with Crippen LogP contribution >= 0.6 is 11.3 Å². The van der Waals surface area contributed by atoms with Gasteiger partial charge in [0.1, 0.15) is 5.69 Å². The highest BCUT2D eigenvalue weighted by Crippen LogP contribution is 2.33. The van der Waals surface area contributed by atoms with Gasteiger partial charge in [0.25, 0.3) is 5.71 Å². The summed E-state index contributed by atoms with van der Waals surface area (Å²) < 4.78 is 10.4. The summed E-state index contributed by atoms with van der Waals surface area (Å²) in [5.74, 6) is -0.444. The van der Waals surface area contributed by atoms with E-state index in [2.05, 4.69) is 10.1 Å². The number of hydrogen-bond donors (Lipinski definition) is 0. The molecule has 118 valence electrons. The Kier molecular flexibility index (Phi) is 3.59. The Morgan fingerprint density at radius 3 is 2.71 bits per heavy atom. The minimum Gasteiger partial charge on any atom is -0.465 e. The molecule has 0 radical (unpaired) electrons. The average molecular weight is 336 g/mol. The van der Waals surface area contributed by atoms with Crippen LogP contribution in [0, 0.1) is 0 Å². The third kappa shape index (κ3) is 2.37. The lowest BCUT2D eigenvalue weighted by Crippen LogP contribution is -2.03. The summed E-state index contributed by atoms with van der Waals surface area (Å²) in [6.45, 7) is 0. The third-order valence-electron chi connectivity index (χ3n) is 3.67. The lowest BCUT2D eigenvalue weighted by atomic mass is 10.0. The van der Waals surface area contributed by atoms with Crippen molar-refractivity contribution in [3.05, 3.63) is 59.5 Å². The minimum absolute atomic E-state index is 0.320. The maximum atomic E-state index is 12.3. The van der Waals surface area contributed by atoms with Crippen molar-refractivity contribution in [1.82, 2.24) is 10.1 Å². The number of hydrogen-bond acceptors (Lipinski definition) is 6. The number of benzene rings is 1. The predicted molar refractivity (Wildman–Crippen MR) is 91.9 cm³/mol. The van der Waals surface area contributed by atoms with Gasteiger partial charge in [-0.05, 0) is 17.5 Å². The van der Waals surface area contributed by atoms with Crippen molar-refractivity contribution in [3.8, 4) is 21.8 Å². The van der Waals surface area contributed by atoms with Gasteiger partial charge in [-0.3, -0.25) is 0 Å². The Hall–Kier alpha value is -2.99. The fraction of sp³-hybridized carbons (Fsp3) is 0.0556. The first-order valence-electron chi connectivity index (χ1n) is 7.26. The highest BCUT2D eigenvalue weighted by atomic mass is 32.1. The fourth-order valence-corrected chi connectivity index (χ4v) is 3.25. The Balaban J connectivity index is 2.00. The number of fused-ring (bicyclic) bond motifs is 1. The molecule has 0 aliphatic heterocycles. The van der Waals surface area contributed by atoms with Crippen molar-refractivity contribution in [3.63, 3.8) is 0 Å². The van der Waals surface area contributed by atoms with Crippen LogP contribution in [0.5, 0.6) is 0 Å². The van der Waals surface area contributed by atoms with E-state index in [9.17, 15) is 4.79 Å². The van der Waals surface area contributed by atoms with Crippen molar-refractivity contribution in [2.24, 2.45) is 0 Å². The van der Waals surface area contributed by atoms with E-state index in [-0.39, 0.29) is 0 Å². The van der Waals surface area contributed by atoms with Crippen LogP contribution in [0.3, 0.4) is 0 Å². The first-order valence-corrected chi connectivity index (χ1v) is 8.14. The smallest absolute Gasteiger partial charge is 0.338 e. The van der Waals surface area contributed by atoms with Crippen molar-refractivity contribution in [1.29, 1.82) is 0 Å². The maximum Gasteiger partial charge on any atom is 0.338 e. The van der Waals surface area contributed by atoms with E-state index in [0.29, 0.717) is 28.1 Å². The number of esters is 1. The lowest BCUT2D eigenvalue weighted by molar-refractivity contribution is 0.0603. The summed E-state index contributed by atoms with van der Waals surface area (Å²) in [7, 11) is 1.36. The van der Waals surface area contributed by atoms with Gasteiger partial charge < -0.3 is 9.26 Å². The van der Waals surface area contributed by atoms with Crippen LogP contribution in [-0.2, 0) is 4.74 Å². The molecule has 1 aromatic carbocycles. The van der Waals surface area contributed by atoms with Crippen LogP contribution in [0.25, 0.3) is 32.9 Å². The largest absolute Gasteiger partial charge is 0.465 e. The zero-order valence-corrected chi connectivity index (χ0v) is 13.5. The van der Waals surface area contributed by atoms with Gasteiger partial charge >= 0.3 is 5.97 Å². The Bertz CT molecular complexity index is 1010. The predicted octanol–water partition coefficient (Wildman–Crippen LogP) is 4.40. The van der Waals surface area contributed by atoms with Crippen molar-refractivity contribution in [2.45, 2.75) is 0 Å². The highest BCUT2D eigenvalue weighted by molar-refractivity contribution is 7.13. The summed E-state index contributed by atoms with van der Waals surface area (Å²) in [6.07, 6.45) is 0. The number of nitrogens with zero attached hydrogens (tertiary/aromatic N) is 2. The van der Waals surface area contributed by atoms with E-state index in [1.165, 1.54) is 18.4 Å². The third-order valence-corrected chi connectivity index (χ3v) is 4.56. The van der Waals surface area contributed by atoms with Crippen molar-refractivity contribution >= 4 is 28.4 Å². The second-order valence-electron chi connectivity index (χ2n) is 5.10. The highest BCUT2D eigenvalue weighted by Gasteiger charge is 2.22. The molecule has 3 heterocycles. The molecule has 4 aromatic rings. The summed E-state index contributed by atoms with van der Waals surface area (Å²) in [5.41, 5.74) is 2.81. The van der Waals surface area contributed by atoms with Gasteiger partial charge in [0.15, 0.2) is 0 Å². The van der Waals surface area contributed by atoms with E-state index in [4.69, 9.17) is 9.26 Å². The Labute approximate surface area is 141 Å². The van der Waals surface area contributed by atoms with Crippen LogP contribution in [-0.4, -0.2) is 23.2 Å². The van der Waals surface area contributed by atoms with Crippen molar-refractivity contribution < 1.29 is 14.1 Å². The van der Waals surface area contributed by atoms with Crippen LogP contribution in [0.4, 0.5) is 0 Å². The van der Waals surface area contributed by atoms with Gasteiger partial charge in [-0.1, -0.05) is 41.6 Å². The van der Waals surface area contributed by atoms with Crippen LogP contribution in [0.1, 0.15) is 10.4 Å². The molecule has 0 atom stereocenters. The lowest BCUT2D eigenvalue weighted by Gasteiger charge is -2.05. The van der Waals surface area contributed by atoms with Gasteiger partial charge in [-0.25, -0.2) is 9.78 Å². The number of methoxy groups -OCH3 is 1. The molecule has 0 unspecified atom stereocenters. The molecular formula is C18H12N2O3S. The summed E-state index contributed by atoms with van der Waals surface area (Å²) >= 11 is 1.54. The maximum absolute atomic E-state index is 12.3. The molecule has 0 saturated heterocycles. The summed E-state index contributed by atoms with van der Waals surface area (Å²) in [6, 6.07) is 15.1. The van der Waals surface area contributed by atoms with Crippen molar-refractivity contribution in [2.75, 3.05) is 7.11 Å². The van der Waals surface area contributed by atoms with Crippen LogP contribution < -0.4 is 0 Å². The Morgan fingerprint density at radius 2 is 2.00 bits per heavy atom. The van der Waals surface area contributed by atoms with E-state index >= 15 is 0 Å². The van der Waals surface area contributed by atoms with Gasteiger partial charge in [-0.15, -0.1) is 11.3 Å². The first-order chi connectivity index (χ1) is 11.8. The molecule has 0 spiro atoms. The number of carbonyl (C=O) groups excluding carboxylic acids is 1. The van der Waals surface area contributed by atoms with Gasteiger partial charge in [0, 0.05) is 5.56 Å². The second-order valence-corrected chi connectivity index (χ2v) is 6.05. The molecule has 0 saturated carbocycles. The summed E-state index contributed by atoms with van der Waals surface area (Å²) in [4.78, 5) is 17.8. The average Bonchev–Trinajstić information content (AvgIpc) is 3.30. The minimum atomic E-state index is -0.444. The topological polar surface area (TPSA) is 65.2 Å². The Morgan fingerprint density at radius 1 is 1.17 bits per heavy atom. The van der Waals surface area contributed by atoms with Crippen LogP contribution in [0.2, 0.25) is 0 Å². The van der Waals surface area contributed by atoms with E-state index in [1.54, 1.807) is 6.07 Å². The summed E-state index contributed by atoms with van der Waals surface area (Å²) in [5, 5.41) is 6.64. The molecule has 0 fully saturated rings. The zero-order valence-electron chi connectivity index (χ0n) is 12.7. The normalized spacial score (nSPS) is 10.9. The second kappa shape index (κ2) is 5.90. The molecule has 6 heteroatoms. The molecule has 3 aromatic heterocycles. The molecule has 0 aliphatic rings. The zero-order chi connectivity index (χ0) is 16.5. The van der Waals surface area contributed by atoms with Gasteiger partial charge in [0.05, 0.1) is 28.6 Å². The van der Waals surface area contributed by atoms with Gasteiger partial charge in [-0.2, -0.15) is 0 Å². The van der Waals surface area contributed by atoms with E-state index < -0.39 is 5.97 Å². The molecule has 24 heavy (non-hydrogen) atoms. The fourth-order valence-electron chi connectivity index (χ4n) is 2.57. The number of thiophene rings is 1. The number of carbonyl (C=O) groups is 1. The molecule has 0 N–H and O–H groups in total. The molecule has 4 rings (SSSR count). The number of aromatic nitrogens is 2. The monoisotopic (exact) mass is 336 g/mol.